The van der Waals surface area contributed by atoms with E-state index in [1.807, 2.05) is 48.0 Å². The van der Waals surface area contributed by atoms with Crippen molar-refractivity contribution in [1.82, 2.24) is 10.5 Å². The van der Waals surface area contributed by atoms with Crippen molar-refractivity contribution in [2.75, 3.05) is 6.26 Å². The number of hydrogen-bond acceptors (Lipinski definition) is 6. The maximum Gasteiger partial charge on any atom is 0.230 e. The zero-order valence-electron chi connectivity index (χ0n) is 13.5. The summed E-state index contributed by atoms with van der Waals surface area (Å²) in [6.07, 6.45) is 3.64. The molecule has 0 bridgehead atoms. The Kier molecular flexibility index (Phi) is 6.05. The van der Waals surface area contributed by atoms with Gasteiger partial charge in [-0.25, -0.2) is 4.98 Å². The van der Waals surface area contributed by atoms with Crippen LogP contribution in [0.25, 0.3) is 0 Å². The van der Waals surface area contributed by atoms with Crippen molar-refractivity contribution < 1.29 is 9.94 Å². The Morgan fingerprint density at radius 1 is 1.24 bits per heavy atom. The minimum Gasteiger partial charge on any atom is -0.437 e. The number of thioether (sulfide) groups is 1. The molecule has 0 aliphatic rings. The number of aromatic nitrogens is 1. The summed E-state index contributed by atoms with van der Waals surface area (Å²) in [5.74, 6) is 1.42. The third-order valence-corrected chi connectivity index (χ3v) is 5.02. The van der Waals surface area contributed by atoms with Crippen LogP contribution in [-0.2, 0) is 6.54 Å². The van der Waals surface area contributed by atoms with Crippen molar-refractivity contribution in [2.24, 2.45) is 4.99 Å². The summed E-state index contributed by atoms with van der Waals surface area (Å²) in [4.78, 5) is 10.9. The SMILES string of the molecule is CSc1ccccc1Oc1ncccc1C(=NCc1cccs1)NO. The van der Waals surface area contributed by atoms with Gasteiger partial charge in [0, 0.05) is 16.0 Å². The Bertz CT molecular complexity index is 851. The summed E-state index contributed by atoms with van der Waals surface area (Å²) in [6.45, 7) is 0.469. The van der Waals surface area contributed by atoms with Crippen molar-refractivity contribution in [3.63, 3.8) is 0 Å². The minimum atomic E-state index is 0.318. The van der Waals surface area contributed by atoms with Gasteiger partial charge in [0.25, 0.3) is 0 Å². The monoisotopic (exact) mass is 371 g/mol. The lowest BCUT2D eigenvalue weighted by molar-refractivity contribution is 0.234. The highest BCUT2D eigenvalue weighted by atomic mass is 32.2. The molecule has 0 atom stereocenters. The van der Waals surface area contributed by atoms with E-state index in [2.05, 4.69) is 15.5 Å². The minimum absolute atomic E-state index is 0.318. The molecule has 0 amide bonds. The molecule has 0 aliphatic heterocycles. The number of nitrogens with zero attached hydrogens (tertiary/aromatic N) is 2. The van der Waals surface area contributed by atoms with E-state index < -0.39 is 0 Å². The lowest BCUT2D eigenvalue weighted by Crippen LogP contribution is -2.21. The van der Waals surface area contributed by atoms with Gasteiger partial charge in [-0.2, -0.15) is 0 Å². The molecule has 3 rings (SSSR count). The molecule has 5 nitrogen and oxygen atoms in total. The predicted molar refractivity (Wildman–Crippen MR) is 102 cm³/mol. The number of aliphatic imine (C=N–C) groups is 1. The van der Waals surface area contributed by atoms with Gasteiger partial charge in [0.2, 0.25) is 5.88 Å². The van der Waals surface area contributed by atoms with E-state index in [1.165, 1.54) is 0 Å². The largest absolute Gasteiger partial charge is 0.437 e. The molecule has 2 N–H and O–H groups in total. The van der Waals surface area contributed by atoms with Crippen LogP contribution >= 0.6 is 23.1 Å². The second kappa shape index (κ2) is 8.66. The van der Waals surface area contributed by atoms with Gasteiger partial charge in [-0.15, -0.1) is 23.1 Å². The number of hydrogen-bond donors (Lipinski definition) is 2. The number of hydroxylamine groups is 1. The summed E-state index contributed by atoms with van der Waals surface area (Å²) in [7, 11) is 0. The molecule has 128 valence electrons. The molecule has 0 unspecified atom stereocenters. The fourth-order valence-corrected chi connectivity index (χ4v) is 3.35. The molecule has 7 heteroatoms. The van der Waals surface area contributed by atoms with Crippen LogP contribution in [-0.4, -0.2) is 22.3 Å². The van der Waals surface area contributed by atoms with Crippen molar-refractivity contribution in [3.8, 4) is 11.6 Å². The van der Waals surface area contributed by atoms with E-state index in [0.717, 1.165) is 9.77 Å². The zero-order chi connectivity index (χ0) is 17.5. The molecule has 0 saturated carbocycles. The van der Waals surface area contributed by atoms with Crippen LogP contribution in [0, 0.1) is 0 Å². The molecule has 0 radical (unpaired) electrons. The van der Waals surface area contributed by atoms with E-state index in [1.54, 1.807) is 41.4 Å². The number of amidine groups is 1. The van der Waals surface area contributed by atoms with Crippen LogP contribution in [0.5, 0.6) is 11.6 Å². The summed E-state index contributed by atoms with van der Waals surface area (Å²) < 4.78 is 5.99. The molecule has 2 aromatic heterocycles. The first kappa shape index (κ1) is 17.5. The van der Waals surface area contributed by atoms with Gasteiger partial charge in [-0.3, -0.25) is 15.7 Å². The fourth-order valence-electron chi connectivity index (χ4n) is 2.20. The maximum atomic E-state index is 9.53. The van der Waals surface area contributed by atoms with Gasteiger partial charge >= 0.3 is 0 Å². The Labute approximate surface area is 154 Å². The number of benzene rings is 1. The van der Waals surface area contributed by atoms with Crippen molar-refractivity contribution in [2.45, 2.75) is 11.4 Å². The summed E-state index contributed by atoms with van der Waals surface area (Å²) in [6, 6.07) is 15.3. The smallest absolute Gasteiger partial charge is 0.230 e. The van der Waals surface area contributed by atoms with E-state index in [-0.39, 0.29) is 0 Å². The molecular formula is C18H17N3O2S2. The summed E-state index contributed by atoms with van der Waals surface area (Å²) in [5, 5.41) is 11.5. The van der Waals surface area contributed by atoms with Gasteiger partial charge in [-0.05, 0) is 42.0 Å². The zero-order valence-corrected chi connectivity index (χ0v) is 15.2. The molecule has 0 saturated heterocycles. The van der Waals surface area contributed by atoms with Gasteiger partial charge in [-0.1, -0.05) is 18.2 Å². The Hall–Kier alpha value is -2.35. The number of thiophene rings is 1. The maximum absolute atomic E-state index is 9.53. The van der Waals surface area contributed by atoms with Gasteiger partial charge in [0.05, 0.1) is 12.1 Å². The number of para-hydroxylation sites is 1. The topological polar surface area (TPSA) is 66.7 Å². The molecule has 3 aromatic rings. The lowest BCUT2D eigenvalue weighted by atomic mass is 10.2. The van der Waals surface area contributed by atoms with Crippen molar-refractivity contribution in [3.05, 3.63) is 70.5 Å². The summed E-state index contributed by atoms with van der Waals surface area (Å²) >= 11 is 3.21. The normalized spacial score (nSPS) is 11.4. The first-order chi connectivity index (χ1) is 12.3. The quantitative estimate of drug-likeness (QED) is 0.287. The van der Waals surface area contributed by atoms with Crippen LogP contribution in [0.4, 0.5) is 0 Å². The molecule has 0 fully saturated rings. The van der Waals surface area contributed by atoms with Crippen LogP contribution in [0.2, 0.25) is 0 Å². The highest BCUT2D eigenvalue weighted by Gasteiger charge is 2.13. The Balaban J connectivity index is 1.90. The first-order valence-corrected chi connectivity index (χ1v) is 9.65. The third-order valence-electron chi connectivity index (χ3n) is 3.38. The molecule has 2 heterocycles. The molecule has 25 heavy (non-hydrogen) atoms. The number of nitrogens with one attached hydrogen (secondary N) is 1. The van der Waals surface area contributed by atoms with E-state index in [0.29, 0.717) is 29.6 Å². The van der Waals surface area contributed by atoms with E-state index in [4.69, 9.17) is 4.74 Å². The van der Waals surface area contributed by atoms with Crippen LogP contribution in [0.3, 0.4) is 0 Å². The van der Waals surface area contributed by atoms with Gasteiger partial charge in [0.15, 0.2) is 5.84 Å². The highest BCUT2D eigenvalue weighted by molar-refractivity contribution is 7.98. The van der Waals surface area contributed by atoms with Crippen LogP contribution < -0.4 is 10.2 Å². The number of pyridine rings is 1. The van der Waals surface area contributed by atoms with Gasteiger partial charge < -0.3 is 4.74 Å². The standard InChI is InChI=1S/C18H17N3O2S2/c1-24-16-9-3-2-8-15(16)23-18-14(7-4-10-19-18)17(21-22)20-12-13-6-5-11-25-13/h2-11,22H,12H2,1H3,(H,20,21). The predicted octanol–water partition coefficient (Wildman–Crippen LogP) is 4.58. The number of rotatable bonds is 6. The second-order valence-electron chi connectivity index (χ2n) is 4.97. The lowest BCUT2D eigenvalue weighted by Gasteiger charge is -2.13. The molecule has 0 spiro atoms. The first-order valence-electron chi connectivity index (χ1n) is 7.55. The van der Waals surface area contributed by atoms with Gasteiger partial charge in [0.1, 0.15) is 5.75 Å². The Morgan fingerprint density at radius 2 is 2.12 bits per heavy atom. The van der Waals surface area contributed by atoms with Crippen LogP contribution in [0.15, 0.2) is 70.0 Å². The average Bonchev–Trinajstić information content (AvgIpc) is 3.17. The molecule has 0 aliphatic carbocycles. The van der Waals surface area contributed by atoms with Crippen LogP contribution in [0.1, 0.15) is 10.4 Å². The third kappa shape index (κ3) is 4.39. The summed E-state index contributed by atoms with van der Waals surface area (Å²) in [5.41, 5.74) is 2.76. The average molecular weight is 371 g/mol. The van der Waals surface area contributed by atoms with E-state index >= 15 is 0 Å². The van der Waals surface area contributed by atoms with Crippen molar-refractivity contribution in [1.29, 1.82) is 0 Å². The molecule has 1 aromatic carbocycles. The fraction of sp³-hybridized carbons (Fsp3) is 0.111. The van der Waals surface area contributed by atoms with E-state index in [9.17, 15) is 5.21 Å². The number of ether oxygens (including phenoxy) is 1. The highest BCUT2D eigenvalue weighted by Crippen LogP contribution is 2.31. The molecular weight excluding hydrogens is 354 g/mol. The Morgan fingerprint density at radius 3 is 2.88 bits per heavy atom. The van der Waals surface area contributed by atoms with Crippen molar-refractivity contribution >= 4 is 28.9 Å². The second-order valence-corrected chi connectivity index (χ2v) is 6.85.